The largest absolute Gasteiger partial charge is 0.493 e. The van der Waals surface area contributed by atoms with E-state index in [1.165, 1.54) is 64.4 Å². The van der Waals surface area contributed by atoms with Gasteiger partial charge in [-0.1, -0.05) is 91.0 Å². The van der Waals surface area contributed by atoms with Crippen LogP contribution in [-0.2, 0) is 49.5 Å². The molecule has 6 aromatic rings. The molecule has 104 heavy (non-hydrogen) atoms. The van der Waals surface area contributed by atoms with Crippen LogP contribution in [-0.4, -0.2) is 123 Å². The summed E-state index contributed by atoms with van der Waals surface area (Å²) in [6.07, 6.45) is 0.595. The molecule has 564 valence electrons. The molecule has 1 heterocycles. The normalized spacial score (nSPS) is 16.1. The van der Waals surface area contributed by atoms with Crippen LogP contribution in [0.5, 0.6) is 17.2 Å². The Morgan fingerprint density at radius 3 is 1.12 bits per heavy atom. The first-order valence-electron chi connectivity index (χ1n) is 38.2. The van der Waals surface area contributed by atoms with Crippen LogP contribution in [0.4, 0.5) is 26.3 Å². The summed E-state index contributed by atoms with van der Waals surface area (Å²) in [7, 11) is 0. The molecule has 3 amide bonds. The first-order chi connectivity index (χ1) is 51.4. The monoisotopic (exact) mass is 1450 g/mol. The number of benzene rings is 6. The maximum Gasteiger partial charge on any atom is 0.398 e. The van der Waals surface area contributed by atoms with Crippen LogP contribution in [0.3, 0.4) is 0 Å². The molecule has 16 nitrogen and oxygen atoms in total. The molecule has 3 fully saturated rings. The number of hydrogen-bond donors (Lipinski definition) is 3. The van der Waals surface area contributed by atoms with Crippen molar-refractivity contribution in [1.82, 2.24) is 14.7 Å². The molecule has 1 unspecified atom stereocenters. The topological polar surface area (TPSA) is 210 Å². The molecule has 6 aromatic carbocycles. The lowest BCUT2D eigenvalue weighted by Crippen LogP contribution is -2.36. The minimum Gasteiger partial charge on any atom is -0.493 e. The third-order valence-electron chi connectivity index (χ3n) is 18.4. The molecule has 3 aliphatic rings. The number of nitrogens with zero attached hydrogens (tertiary/aromatic N) is 3. The Morgan fingerprint density at radius 1 is 0.471 bits per heavy atom. The van der Waals surface area contributed by atoms with E-state index >= 15 is 0 Å². The molecule has 3 N–H and O–H groups in total. The number of alkyl halides is 6. The van der Waals surface area contributed by atoms with Crippen molar-refractivity contribution < 1.29 is 96.2 Å². The van der Waals surface area contributed by atoms with Crippen LogP contribution in [0.15, 0.2) is 146 Å². The summed E-state index contributed by atoms with van der Waals surface area (Å²) in [6.45, 7) is 7.49. The Balaban J connectivity index is 0.000000228. The third-order valence-corrected chi connectivity index (χ3v) is 18.4. The van der Waals surface area contributed by atoms with E-state index in [1.54, 1.807) is 120 Å². The predicted molar refractivity (Wildman–Crippen MR) is 385 cm³/mol. The first-order valence-corrected chi connectivity index (χ1v) is 35.7. The molecular weight excluding hydrogens is 1350 g/mol. The van der Waals surface area contributed by atoms with Gasteiger partial charge in [-0.05, 0) is 216 Å². The van der Waals surface area contributed by atoms with Gasteiger partial charge in [-0.3, -0.25) is 28.8 Å². The summed E-state index contributed by atoms with van der Waals surface area (Å²) in [5.74, 6) is -2.79. The van der Waals surface area contributed by atoms with E-state index < -0.39 is 89.9 Å². The smallest absolute Gasteiger partial charge is 0.398 e. The highest BCUT2D eigenvalue weighted by molar-refractivity contribution is 5.96. The van der Waals surface area contributed by atoms with Crippen molar-refractivity contribution in [2.75, 3.05) is 26.4 Å². The Hall–Kier alpha value is -8.92. The van der Waals surface area contributed by atoms with Gasteiger partial charge in [0.25, 0.3) is 17.7 Å². The van der Waals surface area contributed by atoms with Gasteiger partial charge in [0.1, 0.15) is 17.2 Å². The molecule has 9 rings (SSSR count). The van der Waals surface area contributed by atoms with E-state index in [1.807, 2.05) is 12.1 Å². The molecule has 0 bridgehead atoms. The standard InChI is InChI=1S/C28H37NO5.2C27H32F3NO4/c1-21(2)29(28(32)23-16-14-22(15-17-23)25-12-7-9-19-33-25)20-24-10-5-6-11-26(24)34-18-8-3-4-13-27(30)31;2*1-19(2)31(18-21-8-5-6-9-23(21)35-17-7-3-4-10-24(32)33)25(34)20-11-13-22(14-12-20)26(15-16-26)27(28,29)30/h5-6,10-11,14-17,21,25H,3-4,7-9,12-13,18-20H2,1-2H3,(H,30,31);2*5-6,8-9,11-14,19H,3-4,7,10,15-18H2,1-2H3,(H,32,33)/i20D2;19D;18D2. The summed E-state index contributed by atoms with van der Waals surface area (Å²) in [6, 6.07) is 36.3. The lowest BCUT2D eigenvalue weighted by atomic mass is 9.94. The van der Waals surface area contributed by atoms with E-state index in [0.717, 1.165) is 36.3 Å². The Kier molecular flexibility index (Phi) is 28.2. The molecule has 2 saturated carbocycles. The van der Waals surface area contributed by atoms with Crippen molar-refractivity contribution in [2.45, 2.75) is 230 Å². The van der Waals surface area contributed by atoms with Crippen molar-refractivity contribution >= 4 is 35.6 Å². The maximum absolute atomic E-state index is 13.6. The number of aliphatic carboxylic acids is 3. The van der Waals surface area contributed by atoms with Crippen molar-refractivity contribution in [2.24, 2.45) is 0 Å². The van der Waals surface area contributed by atoms with E-state index in [9.17, 15) is 55.1 Å². The van der Waals surface area contributed by atoms with Crippen LogP contribution in [0.1, 0.15) is 241 Å². The highest BCUT2D eigenvalue weighted by atomic mass is 19.4. The molecule has 22 heteroatoms. The van der Waals surface area contributed by atoms with Gasteiger partial charge in [-0.15, -0.1) is 0 Å². The fraction of sp³-hybridized carbons (Fsp3) is 0.488. The van der Waals surface area contributed by atoms with Gasteiger partial charge in [-0.25, -0.2) is 0 Å². The molecule has 1 atom stereocenters. The molecule has 0 aromatic heterocycles. The minimum absolute atomic E-state index is 0.0147. The Bertz CT molecular complexity index is 3970. The molecular formula is C82H101F6N3O13. The molecule has 0 radical (unpaired) electrons. The quantitative estimate of drug-likeness (QED) is 0.0247. The van der Waals surface area contributed by atoms with Gasteiger partial charge < -0.3 is 49.0 Å². The van der Waals surface area contributed by atoms with Crippen LogP contribution < -0.4 is 14.2 Å². The van der Waals surface area contributed by atoms with E-state index in [2.05, 4.69) is 0 Å². The minimum atomic E-state index is -4.36. The molecule has 1 aliphatic heterocycles. The summed E-state index contributed by atoms with van der Waals surface area (Å²) in [5.41, 5.74) is -0.512. The summed E-state index contributed by atoms with van der Waals surface area (Å²) in [5, 5.41) is 26.2. The number of ether oxygens (including phenoxy) is 4. The number of para-hydroxylation sites is 3. The Morgan fingerprint density at radius 2 is 0.808 bits per heavy atom. The fourth-order valence-electron chi connectivity index (χ4n) is 11.9. The number of unbranched alkanes of at least 4 members (excludes halogenated alkanes) is 6. The van der Waals surface area contributed by atoms with Gasteiger partial charge in [0.15, 0.2) is 0 Å². The van der Waals surface area contributed by atoms with E-state index in [4.69, 9.17) is 41.1 Å². The number of carboxylic acid groups (broad SMARTS) is 3. The number of carbonyl (C=O) groups is 6. The number of carbonyl (C=O) groups excluding carboxylic acids is 3. The van der Waals surface area contributed by atoms with Crippen LogP contribution in [0.25, 0.3) is 0 Å². The first kappa shape index (κ1) is 74.8. The fourth-order valence-corrected chi connectivity index (χ4v) is 11.9. The van der Waals surface area contributed by atoms with E-state index in [-0.39, 0.29) is 103 Å². The zero-order chi connectivity index (χ0) is 80.1. The zero-order valence-corrected chi connectivity index (χ0v) is 60.1. The summed E-state index contributed by atoms with van der Waals surface area (Å²) < 4.78 is 148. The van der Waals surface area contributed by atoms with Crippen LogP contribution in [0.2, 0.25) is 0 Å². The number of amides is 3. The maximum atomic E-state index is 13.6. The van der Waals surface area contributed by atoms with Crippen molar-refractivity contribution in [3.05, 3.63) is 196 Å². The van der Waals surface area contributed by atoms with E-state index in [0.29, 0.717) is 93.6 Å². The van der Waals surface area contributed by atoms with Gasteiger partial charge >= 0.3 is 30.3 Å². The molecule has 1 saturated heterocycles. The molecule has 2 aliphatic carbocycles. The lowest BCUT2D eigenvalue weighted by molar-refractivity contribution is -0.161. The van der Waals surface area contributed by atoms with Crippen molar-refractivity contribution in [1.29, 1.82) is 0 Å². The van der Waals surface area contributed by atoms with Crippen molar-refractivity contribution in [3.8, 4) is 17.2 Å². The highest BCUT2D eigenvalue weighted by Crippen LogP contribution is 2.60. The molecule has 0 spiro atoms. The lowest BCUT2D eigenvalue weighted by Gasteiger charge is -2.28. The summed E-state index contributed by atoms with van der Waals surface area (Å²) >= 11 is 0. The average Bonchev–Trinajstić information content (AvgIpc) is 1.58. The second-order valence-electron chi connectivity index (χ2n) is 27.2. The van der Waals surface area contributed by atoms with Gasteiger partial charge in [0.2, 0.25) is 0 Å². The average molecular weight is 1460 g/mol. The third kappa shape index (κ3) is 24.1. The SMILES string of the molecule is [2H]C(C)(C)N(Cc1ccccc1OCCCCCC(=O)O)C(=O)c1ccc(C2(C(F)(F)F)CC2)cc1.[2H]C([2H])(c1ccccc1OCCCCCC(=O)O)N(C(=O)c1ccc(C2(C(F)(F)F)CC2)cc1)C(C)C.[2H]C([2H])(c1ccccc1OCCCCCC(=O)O)N(C(=O)c1ccc(C2CCCCO2)cc1)C(C)C. The highest BCUT2D eigenvalue weighted by Gasteiger charge is 2.65. The van der Waals surface area contributed by atoms with Gasteiger partial charge in [0.05, 0.1) is 43.6 Å². The predicted octanol–water partition coefficient (Wildman–Crippen LogP) is 18.7. The second-order valence-corrected chi connectivity index (χ2v) is 27.2. The number of hydrogen-bond acceptors (Lipinski definition) is 10. The van der Waals surface area contributed by atoms with Gasteiger partial charge in [0, 0.05) is 96.9 Å². The number of carboxylic acids is 3. The summed E-state index contributed by atoms with van der Waals surface area (Å²) in [4.78, 5) is 76.0. The Labute approximate surface area is 614 Å². The number of rotatable bonds is 36. The second kappa shape index (κ2) is 39.3. The van der Waals surface area contributed by atoms with Crippen LogP contribution in [0, 0.1) is 0 Å². The van der Waals surface area contributed by atoms with Crippen LogP contribution >= 0.6 is 0 Å². The zero-order valence-electron chi connectivity index (χ0n) is 65.1. The van der Waals surface area contributed by atoms with Crippen molar-refractivity contribution in [3.63, 3.8) is 0 Å². The number of halogens is 6. The van der Waals surface area contributed by atoms with Gasteiger partial charge in [-0.2, -0.15) is 26.3 Å².